The number of imidazole rings is 1. The predicted molar refractivity (Wildman–Crippen MR) is 482 cm³/mol. The number of aryl methyl sites for hydroxylation is 1. The number of nitrogens with two attached hydrogens (primary N) is 8. The highest BCUT2D eigenvalue weighted by Gasteiger charge is 2.22. The Morgan fingerprint density at radius 1 is 0.505 bits per heavy atom. The third-order valence-corrected chi connectivity index (χ3v) is 17.4. The van der Waals surface area contributed by atoms with Crippen LogP contribution in [0, 0.1) is 76.9 Å². The van der Waals surface area contributed by atoms with Crippen molar-refractivity contribution < 1.29 is 9.53 Å². The van der Waals surface area contributed by atoms with E-state index in [1.165, 1.54) is 130 Å². The van der Waals surface area contributed by atoms with E-state index < -0.39 is 5.60 Å². The van der Waals surface area contributed by atoms with Crippen molar-refractivity contribution in [3.05, 3.63) is 138 Å². The predicted octanol–water partition coefficient (Wildman–Crippen LogP) is 20.2. The summed E-state index contributed by atoms with van der Waals surface area (Å²) in [5, 5.41) is 8.81. The van der Waals surface area contributed by atoms with E-state index in [9.17, 15) is 4.79 Å². The molecule has 0 spiro atoms. The molecule has 0 atom stereocenters. The van der Waals surface area contributed by atoms with Gasteiger partial charge in [-0.05, 0) is 254 Å². The molecule has 4 aromatic carbocycles. The highest BCUT2D eigenvalue weighted by atomic mass is 16.6. The summed E-state index contributed by atoms with van der Waals surface area (Å²) >= 11 is 0. The average Bonchev–Trinajstić information content (AvgIpc) is 1.37. The molecular formula is C92H173N15O2. The van der Waals surface area contributed by atoms with Crippen LogP contribution in [-0.4, -0.2) is 91.9 Å². The number of aliphatic imine (C=N–C) groups is 3. The molecule has 7 rings (SSSR count). The summed E-state index contributed by atoms with van der Waals surface area (Å²) in [5.41, 5.74) is 46.7. The number of amides is 1. The van der Waals surface area contributed by atoms with Gasteiger partial charge in [-0.15, -0.1) is 0 Å². The Bertz CT molecular complexity index is 2870. The van der Waals surface area contributed by atoms with Crippen molar-refractivity contribution in [3.8, 4) is 0 Å². The normalized spacial score (nSPS) is 13.7. The number of benzene rings is 4. The second-order valence-corrected chi connectivity index (χ2v) is 34.6. The van der Waals surface area contributed by atoms with E-state index in [0.717, 1.165) is 105 Å². The zero-order valence-electron chi connectivity index (χ0n) is 74.5. The van der Waals surface area contributed by atoms with E-state index in [1.54, 1.807) is 6.33 Å². The smallest absolute Gasteiger partial charge is 0.407 e. The highest BCUT2D eigenvalue weighted by Crippen LogP contribution is 2.32. The van der Waals surface area contributed by atoms with Crippen molar-refractivity contribution in [3.63, 3.8) is 0 Å². The van der Waals surface area contributed by atoms with Crippen LogP contribution < -0.4 is 56.5 Å². The Morgan fingerprint density at radius 2 is 0.972 bits per heavy atom. The van der Waals surface area contributed by atoms with Crippen LogP contribution in [0.25, 0.3) is 10.8 Å². The number of guanidine groups is 3. The largest absolute Gasteiger partial charge is 0.444 e. The molecule has 0 bridgehead atoms. The number of carbonyl (C=O) groups excluding carboxylic acids is 1. The molecule has 0 unspecified atom stereocenters. The fourth-order valence-corrected chi connectivity index (χ4v) is 10.9. The summed E-state index contributed by atoms with van der Waals surface area (Å²) in [4.78, 5) is 29.4. The number of carbonyl (C=O) groups is 1. The number of rotatable bonds is 25. The van der Waals surface area contributed by atoms with Gasteiger partial charge in [-0.1, -0.05) is 255 Å². The van der Waals surface area contributed by atoms with Gasteiger partial charge in [0.1, 0.15) is 5.60 Å². The van der Waals surface area contributed by atoms with Gasteiger partial charge in [0.25, 0.3) is 0 Å². The standard InChI is InChI=1S/C14H16.C11H16.C10H21N.C10H14.C9H19NO2.C8H17N.C7H17N3.C6H15N3.C6H10N2.C6H15N.C5H13N3/c1-11(2)10-13-8-5-7-12-6-3-4-9-14(12)13;1-10(2)8-9-11-6-4-3-5-7-11;1-8(2)10-5-3-9(7-11)4-6-10;1-9(2)8-10-6-4-3-5-7-10;1-7(2)6-10-8(11)12-9(3,4)5;1-7(2)8-3-5-9-6-4-8;1-6(2)4-3-5-10-7(8)9;1-5(2)3-4-9-6(7)8;1-5(2)6-3-7-4-8-6;1-6(2)4-3-5-7;1-4(2)3-8-5(6)7/h3-9,11H,10H2,1-2H3;3-7,10H,8-9H2,1-2H3;8-10H,3-7,11H2,1-2H3;3-7,9H,8H2,1-2H3;7H,6H2,1-5H3,(H,10,11);7-9H,3-6H2,1-2H3;6H,3-5H2,1-2H3,(H4,8,9,10);5H,3-4H2,1-2H3,(H4,7,8,9);3-5H,1-2H3,(H,7,8);6H,3-5,7H2,1-2H3;4H,3H2,1-2H3,(H4,6,7,8). The third kappa shape index (κ3) is 76.5. The van der Waals surface area contributed by atoms with Crippen LogP contribution in [0.2, 0.25) is 0 Å². The lowest BCUT2D eigenvalue weighted by atomic mass is 9.77. The summed E-state index contributed by atoms with van der Waals surface area (Å²) in [6.07, 6.45) is 22.2. The lowest BCUT2D eigenvalue weighted by Crippen LogP contribution is -2.34. The summed E-state index contributed by atoms with van der Waals surface area (Å²) in [6.45, 7) is 61.1. The van der Waals surface area contributed by atoms with Crippen molar-refractivity contribution in [1.82, 2.24) is 20.6 Å². The van der Waals surface area contributed by atoms with Gasteiger partial charge < -0.3 is 66.2 Å². The molecule has 5 aromatic rings. The first-order valence-corrected chi connectivity index (χ1v) is 41.9. The molecule has 628 valence electrons. The van der Waals surface area contributed by atoms with E-state index in [-0.39, 0.29) is 24.0 Å². The molecule has 109 heavy (non-hydrogen) atoms. The van der Waals surface area contributed by atoms with Crippen molar-refractivity contribution in [1.29, 1.82) is 0 Å². The minimum absolute atomic E-state index is 0.179. The quantitative estimate of drug-likeness (QED) is 0.0148. The first-order valence-electron chi connectivity index (χ1n) is 41.9. The first kappa shape index (κ1) is 109. The number of aromatic amines is 1. The van der Waals surface area contributed by atoms with E-state index in [2.05, 4.69) is 277 Å². The number of hydrogen-bond donors (Lipinski definition) is 11. The molecule has 1 saturated heterocycles. The van der Waals surface area contributed by atoms with Crippen molar-refractivity contribution >= 4 is 34.7 Å². The molecule has 1 aromatic heterocycles. The maximum Gasteiger partial charge on any atom is 0.407 e. The number of hydrogen-bond acceptors (Lipinski definition) is 9. The maximum absolute atomic E-state index is 11.0. The minimum atomic E-state index is -0.402. The van der Waals surface area contributed by atoms with Gasteiger partial charge in [-0.3, -0.25) is 15.0 Å². The van der Waals surface area contributed by atoms with Crippen LogP contribution >= 0.6 is 0 Å². The number of aromatic nitrogens is 2. The van der Waals surface area contributed by atoms with Crippen LogP contribution in [0.15, 0.2) is 131 Å². The minimum Gasteiger partial charge on any atom is -0.444 e. The lowest BCUT2D eigenvalue weighted by Gasteiger charge is -2.29. The van der Waals surface area contributed by atoms with Crippen LogP contribution in [0.3, 0.4) is 0 Å². The Kier molecular flexibility index (Phi) is 69.0. The Balaban J connectivity index is -0.000000559. The SMILES string of the molecule is CC(C)C1CCC(CN)CC1.CC(C)C1CCNCC1.CC(C)CCCN.CC(C)CCCN=C(N)N.CC(C)CCN=C(N)N.CC(C)CCc1ccccc1.CC(C)CN=C(N)N.CC(C)CNC(=O)OC(C)(C)C.CC(C)Cc1cccc2ccccc12.CC(C)Cc1ccccc1.CC(C)c1cnc[nH]1. The van der Waals surface area contributed by atoms with E-state index in [0.29, 0.717) is 30.2 Å². The molecule has 1 aliphatic heterocycles. The number of fused-ring (bicyclic) bond motifs is 1. The second kappa shape index (κ2) is 69.3. The van der Waals surface area contributed by atoms with Gasteiger partial charge in [-0.25, -0.2) is 9.78 Å². The topological polar surface area (TPSA) is 324 Å². The summed E-state index contributed by atoms with van der Waals surface area (Å²) < 4.78 is 5.04. The Hall–Kier alpha value is -6.69. The molecule has 0 radical (unpaired) electrons. The van der Waals surface area contributed by atoms with Gasteiger partial charge in [0, 0.05) is 38.1 Å². The number of ether oxygens (including phenoxy) is 1. The van der Waals surface area contributed by atoms with E-state index in [1.807, 2.05) is 40.8 Å². The molecule has 19 N–H and O–H groups in total. The Morgan fingerprint density at radius 3 is 1.36 bits per heavy atom. The van der Waals surface area contributed by atoms with Gasteiger partial charge in [0.15, 0.2) is 17.9 Å². The number of H-pyrrole nitrogens is 1. The molecule has 1 aliphatic carbocycles. The number of nitrogens with zero attached hydrogens (tertiary/aromatic N) is 4. The van der Waals surface area contributed by atoms with Gasteiger partial charge >= 0.3 is 6.09 Å². The number of nitrogens with one attached hydrogen (secondary N) is 3. The molecule has 17 heteroatoms. The van der Waals surface area contributed by atoms with Crippen LogP contribution in [0.1, 0.15) is 278 Å². The third-order valence-electron chi connectivity index (χ3n) is 17.4. The molecule has 17 nitrogen and oxygen atoms in total. The molecule has 2 fully saturated rings. The zero-order chi connectivity index (χ0) is 83.7. The maximum atomic E-state index is 11.0. The fraction of sp³-hybridized carbons (Fsp3) is 0.685. The van der Waals surface area contributed by atoms with Gasteiger partial charge in [-0.2, -0.15) is 0 Å². The molecule has 1 saturated carbocycles. The van der Waals surface area contributed by atoms with E-state index in [4.69, 9.17) is 50.6 Å². The van der Waals surface area contributed by atoms with E-state index >= 15 is 0 Å². The fourth-order valence-electron chi connectivity index (χ4n) is 10.9. The Labute approximate surface area is 670 Å². The molecule has 1 amide bonds. The lowest BCUT2D eigenvalue weighted by molar-refractivity contribution is 0.0521. The molecule has 2 aliphatic rings. The number of piperidine rings is 1. The highest BCUT2D eigenvalue weighted by molar-refractivity contribution is 5.85. The second-order valence-electron chi connectivity index (χ2n) is 34.6. The monoisotopic (exact) mass is 1520 g/mol. The van der Waals surface area contributed by atoms with Crippen molar-refractivity contribution in [2.24, 2.45) is 138 Å². The van der Waals surface area contributed by atoms with Crippen molar-refractivity contribution in [2.45, 2.75) is 281 Å². The van der Waals surface area contributed by atoms with Gasteiger partial charge in [0.05, 0.1) is 6.33 Å². The van der Waals surface area contributed by atoms with Crippen LogP contribution in [0.5, 0.6) is 0 Å². The zero-order valence-corrected chi connectivity index (χ0v) is 74.5. The van der Waals surface area contributed by atoms with Crippen molar-refractivity contribution in [2.75, 3.05) is 52.4 Å². The summed E-state index contributed by atoms with van der Waals surface area (Å²) in [6, 6.07) is 36.5. The summed E-state index contributed by atoms with van der Waals surface area (Å²) in [7, 11) is 0. The van der Waals surface area contributed by atoms with Gasteiger partial charge in [0.2, 0.25) is 0 Å². The average molecular weight is 1520 g/mol. The van der Waals surface area contributed by atoms with Crippen LogP contribution in [0.4, 0.5) is 4.79 Å². The molecule has 2 heterocycles. The molecular weight excluding hydrogens is 1350 g/mol. The van der Waals surface area contributed by atoms with Crippen LogP contribution in [-0.2, 0) is 24.0 Å². The summed E-state index contributed by atoms with van der Waals surface area (Å²) in [5.74, 6) is 11.3. The first-order chi connectivity index (χ1) is 51.1. The number of alkyl carbamates (subject to hydrolysis) is 1.